The van der Waals surface area contributed by atoms with E-state index in [1.54, 1.807) is 0 Å². The van der Waals surface area contributed by atoms with Crippen LogP contribution >= 0.6 is 11.6 Å². The van der Waals surface area contributed by atoms with Gasteiger partial charge in [0.05, 0.1) is 17.0 Å². The van der Waals surface area contributed by atoms with Crippen LogP contribution in [0.2, 0.25) is 5.02 Å². The number of hydrogen-bond donors (Lipinski definition) is 0. The molecular weight excluding hydrogens is 362 g/mol. The van der Waals surface area contributed by atoms with Gasteiger partial charge in [0.2, 0.25) is 15.9 Å². The summed E-state index contributed by atoms with van der Waals surface area (Å²) < 4.78 is 24.6. The Morgan fingerprint density at radius 3 is 2.20 bits per heavy atom. The largest absolute Gasteiger partial charge is 0.367 e. The lowest BCUT2D eigenvalue weighted by Gasteiger charge is -2.39. The van der Waals surface area contributed by atoms with Crippen LogP contribution in [0.15, 0.2) is 24.3 Å². The standard InChI is InChI=1S/C17H24ClN3O3S/c1-25(23,24)21-8-6-14(7-9-21)17(22)20-12-10-19(11-13-20)16-5-3-2-4-15(16)18/h2-5,14H,6-13H2,1H3. The molecule has 0 bridgehead atoms. The minimum Gasteiger partial charge on any atom is -0.367 e. The molecular formula is C17H24ClN3O3S. The first-order chi connectivity index (χ1) is 11.9. The smallest absolute Gasteiger partial charge is 0.225 e. The number of halogens is 1. The lowest BCUT2D eigenvalue weighted by Crippen LogP contribution is -2.52. The van der Waals surface area contributed by atoms with Crippen molar-refractivity contribution in [1.82, 2.24) is 9.21 Å². The summed E-state index contributed by atoms with van der Waals surface area (Å²) in [5.41, 5.74) is 1.01. The Hall–Kier alpha value is -1.31. The van der Waals surface area contributed by atoms with Gasteiger partial charge in [-0.3, -0.25) is 4.79 Å². The van der Waals surface area contributed by atoms with Gasteiger partial charge in [-0.1, -0.05) is 23.7 Å². The summed E-state index contributed by atoms with van der Waals surface area (Å²) in [7, 11) is -3.15. The summed E-state index contributed by atoms with van der Waals surface area (Å²) in [6, 6.07) is 7.76. The number of benzene rings is 1. The van der Waals surface area contributed by atoms with Crippen LogP contribution in [0.25, 0.3) is 0 Å². The number of anilines is 1. The Bertz CT molecular complexity index is 724. The van der Waals surface area contributed by atoms with Crippen molar-refractivity contribution >= 4 is 33.2 Å². The second kappa shape index (κ2) is 7.51. The van der Waals surface area contributed by atoms with Crippen molar-refractivity contribution in [3.63, 3.8) is 0 Å². The zero-order valence-electron chi connectivity index (χ0n) is 14.4. The minimum absolute atomic E-state index is 0.0649. The van der Waals surface area contributed by atoms with Crippen LogP contribution in [-0.4, -0.2) is 69.1 Å². The Kier molecular flexibility index (Phi) is 5.55. The Balaban J connectivity index is 1.53. The maximum Gasteiger partial charge on any atom is 0.225 e. The number of hydrogen-bond acceptors (Lipinski definition) is 4. The van der Waals surface area contributed by atoms with E-state index in [2.05, 4.69) is 4.90 Å². The minimum atomic E-state index is -3.15. The summed E-state index contributed by atoms with van der Waals surface area (Å²) in [6.07, 6.45) is 2.44. The van der Waals surface area contributed by atoms with Gasteiger partial charge < -0.3 is 9.80 Å². The number of para-hydroxylation sites is 1. The van der Waals surface area contributed by atoms with Gasteiger partial charge in [0.15, 0.2) is 0 Å². The van der Waals surface area contributed by atoms with Gasteiger partial charge in [0, 0.05) is 45.2 Å². The molecule has 0 saturated carbocycles. The van der Waals surface area contributed by atoms with E-state index in [0.717, 1.165) is 23.8 Å². The molecule has 3 rings (SSSR count). The molecule has 138 valence electrons. The van der Waals surface area contributed by atoms with Crippen LogP contribution in [0.4, 0.5) is 5.69 Å². The van der Waals surface area contributed by atoms with E-state index in [1.165, 1.54) is 10.6 Å². The lowest BCUT2D eigenvalue weighted by molar-refractivity contribution is -0.137. The third-order valence-corrected chi connectivity index (χ3v) is 6.68. The lowest BCUT2D eigenvalue weighted by atomic mass is 9.96. The van der Waals surface area contributed by atoms with E-state index in [-0.39, 0.29) is 11.8 Å². The summed E-state index contributed by atoms with van der Waals surface area (Å²) in [5, 5.41) is 0.732. The summed E-state index contributed by atoms with van der Waals surface area (Å²) in [6.45, 7) is 3.76. The molecule has 1 aromatic carbocycles. The highest BCUT2D eigenvalue weighted by Crippen LogP contribution is 2.27. The first-order valence-electron chi connectivity index (χ1n) is 8.59. The van der Waals surface area contributed by atoms with Gasteiger partial charge in [-0.05, 0) is 25.0 Å². The van der Waals surface area contributed by atoms with Crippen LogP contribution in [-0.2, 0) is 14.8 Å². The van der Waals surface area contributed by atoms with Gasteiger partial charge in [0.1, 0.15) is 0 Å². The highest BCUT2D eigenvalue weighted by molar-refractivity contribution is 7.88. The predicted octanol–water partition coefficient (Wildman–Crippen LogP) is 1.66. The maximum absolute atomic E-state index is 12.7. The normalized spacial score (nSPS) is 20.7. The molecule has 0 spiro atoms. The molecule has 0 aliphatic carbocycles. The third-order valence-electron chi connectivity index (χ3n) is 5.06. The SMILES string of the molecule is CS(=O)(=O)N1CCC(C(=O)N2CCN(c3ccccc3Cl)CC2)CC1. The van der Waals surface area contributed by atoms with Gasteiger partial charge in [0.25, 0.3) is 0 Å². The van der Waals surface area contributed by atoms with Crippen molar-refractivity contribution in [1.29, 1.82) is 0 Å². The highest BCUT2D eigenvalue weighted by atomic mass is 35.5. The van der Waals surface area contributed by atoms with Crippen molar-refractivity contribution in [2.75, 3.05) is 50.4 Å². The number of amides is 1. The molecule has 6 nitrogen and oxygen atoms in total. The molecule has 1 amide bonds. The molecule has 2 heterocycles. The van der Waals surface area contributed by atoms with Crippen molar-refractivity contribution in [3.8, 4) is 0 Å². The first-order valence-corrected chi connectivity index (χ1v) is 10.8. The number of carbonyl (C=O) groups is 1. The van der Waals surface area contributed by atoms with E-state index in [0.29, 0.717) is 39.0 Å². The summed E-state index contributed by atoms with van der Waals surface area (Å²) in [5.74, 6) is 0.0943. The van der Waals surface area contributed by atoms with Gasteiger partial charge in [-0.2, -0.15) is 0 Å². The fourth-order valence-corrected chi connectivity index (χ4v) is 4.70. The molecule has 0 radical (unpaired) electrons. The molecule has 2 aliphatic heterocycles. The quantitative estimate of drug-likeness (QED) is 0.794. The fourth-order valence-electron chi connectivity index (χ4n) is 3.57. The second-order valence-corrected chi connectivity index (χ2v) is 9.09. The van der Waals surface area contributed by atoms with E-state index >= 15 is 0 Å². The van der Waals surface area contributed by atoms with E-state index in [1.807, 2.05) is 29.2 Å². The number of piperazine rings is 1. The van der Waals surface area contributed by atoms with E-state index in [9.17, 15) is 13.2 Å². The van der Waals surface area contributed by atoms with Gasteiger partial charge in [-0.15, -0.1) is 0 Å². The summed E-state index contributed by atoms with van der Waals surface area (Å²) in [4.78, 5) is 16.9. The molecule has 2 aliphatic rings. The topological polar surface area (TPSA) is 60.9 Å². The van der Waals surface area contributed by atoms with E-state index < -0.39 is 10.0 Å². The van der Waals surface area contributed by atoms with Crippen molar-refractivity contribution in [2.45, 2.75) is 12.8 Å². The number of nitrogens with zero attached hydrogens (tertiary/aromatic N) is 3. The van der Waals surface area contributed by atoms with Gasteiger partial charge in [-0.25, -0.2) is 12.7 Å². The van der Waals surface area contributed by atoms with Crippen molar-refractivity contribution in [3.05, 3.63) is 29.3 Å². The number of piperidine rings is 1. The molecule has 1 aromatic rings. The molecule has 25 heavy (non-hydrogen) atoms. The second-order valence-electron chi connectivity index (χ2n) is 6.70. The monoisotopic (exact) mass is 385 g/mol. The van der Waals surface area contributed by atoms with Crippen LogP contribution in [0, 0.1) is 5.92 Å². The number of carbonyl (C=O) groups excluding carboxylic acids is 1. The predicted molar refractivity (Wildman–Crippen MR) is 99.4 cm³/mol. The number of sulfonamides is 1. The van der Waals surface area contributed by atoms with E-state index in [4.69, 9.17) is 11.6 Å². The summed E-state index contributed by atoms with van der Waals surface area (Å²) >= 11 is 6.25. The zero-order valence-corrected chi connectivity index (χ0v) is 16.0. The molecule has 8 heteroatoms. The number of rotatable bonds is 3. The maximum atomic E-state index is 12.7. The molecule has 0 aromatic heterocycles. The van der Waals surface area contributed by atoms with Crippen LogP contribution in [0.3, 0.4) is 0 Å². The highest BCUT2D eigenvalue weighted by Gasteiger charge is 2.32. The zero-order chi connectivity index (χ0) is 18.0. The van der Waals surface area contributed by atoms with Crippen molar-refractivity contribution in [2.24, 2.45) is 5.92 Å². The molecule has 2 fully saturated rings. The third kappa shape index (κ3) is 4.27. The Labute approximate surface area is 154 Å². The van der Waals surface area contributed by atoms with Crippen LogP contribution in [0.5, 0.6) is 0 Å². The van der Waals surface area contributed by atoms with Crippen LogP contribution < -0.4 is 4.90 Å². The van der Waals surface area contributed by atoms with Crippen LogP contribution in [0.1, 0.15) is 12.8 Å². The molecule has 0 N–H and O–H groups in total. The Morgan fingerprint density at radius 2 is 1.64 bits per heavy atom. The van der Waals surface area contributed by atoms with Crippen molar-refractivity contribution < 1.29 is 13.2 Å². The molecule has 2 saturated heterocycles. The molecule has 0 unspecified atom stereocenters. The average molecular weight is 386 g/mol. The van der Waals surface area contributed by atoms with Gasteiger partial charge >= 0.3 is 0 Å². The fraction of sp³-hybridized carbons (Fsp3) is 0.588. The molecule has 0 atom stereocenters. The average Bonchev–Trinajstić information content (AvgIpc) is 2.61. The first kappa shape index (κ1) is 18.5. The Morgan fingerprint density at radius 1 is 1.04 bits per heavy atom.